The Bertz CT molecular complexity index is 2670. The summed E-state index contributed by atoms with van der Waals surface area (Å²) in [6, 6.07) is 51.6. The molecular formula is C52H40N2O. The first-order chi connectivity index (χ1) is 27.3. The number of anilines is 3. The Morgan fingerprint density at radius 1 is 0.673 bits per heavy atom. The van der Waals surface area contributed by atoms with Crippen LogP contribution in [0.3, 0.4) is 0 Å². The second kappa shape index (κ2) is 13.1. The summed E-state index contributed by atoms with van der Waals surface area (Å²) in [5.41, 5.74) is 14.0. The molecule has 0 amide bonds. The summed E-state index contributed by atoms with van der Waals surface area (Å²) in [5, 5.41) is 2.47. The number of rotatable bonds is 6. The van der Waals surface area contributed by atoms with Gasteiger partial charge in [0.25, 0.3) is 0 Å². The van der Waals surface area contributed by atoms with Crippen LogP contribution in [-0.2, 0) is 0 Å². The number of ether oxygens (including phenoxy) is 1. The normalized spacial score (nSPS) is 20.4. The van der Waals surface area contributed by atoms with Crippen LogP contribution in [0.15, 0.2) is 200 Å². The maximum absolute atomic E-state index is 6.46. The third-order valence-electron chi connectivity index (χ3n) is 12.0. The molecule has 0 fully saturated rings. The molecular weight excluding hydrogens is 669 g/mol. The molecule has 3 nitrogen and oxygen atoms in total. The molecule has 0 aromatic heterocycles. The maximum atomic E-state index is 6.46. The zero-order valence-corrected chi connectivity index (χ0v) is 30.6. The highest BCUT2D eigenvalue weighted by atomic mass is 16.5. The van der Waals surface area contributed by atoms with Gasteiger partial charge in [0.2, 0.25) is 0 Å². The smallest absolute Gasteiger partial charge is 0.130 e. The lowest BCUT2D eigenvalue weighted by Gasteiger charge is -2.35. The Morgan fingerprint density at radius 2 is 1.49 bits per heavy atom. The summed E-state index contributed by atoms with van der Waals surface area (Å²) in [5.74, 6) is 2.14. The van der Waals surface area contributed by atoms with Crippen LogP contribution < -0.4 is 14.5 Å². The fourth-order valence-corrected chi connectivity index (χ4v) is 9.43. The standard InChI is InChI=1S/C52H40N2O/c1-3-12-35(13-4-1)39-25-30-51-46(33-39)47-34-42(28-31-52(47)55-51)53(48-21-11-15-37-14-7-8-18-43(37)48)41-26-22-36(23-27-41)38-24-29-50-45(32-38)44-19-9-10-20-49(44)54(50)40-16-5-2-6-17-40/h1-16,18-28,30-33,40,47,50H,17,29,34H2. The topological polar surface area (TPSA) is 15.7 Å². The lowest BCUT2D eigenvalue weighted by Crippen LogP contribution is -2.40. The van der Waals surface area contributed by atoms with E-state index in [4.69, 9.17) is 4.74 Å². The molecule has 11 rings (SSSR count). The molecule has 3 unspecified atom stereocenters. The Morgan fingerprint density at radius 3 is 2.38 bits per heavy atom. The quantitative estimate of drug-likeness (QED) is 0.171. The highest BCUT2D eigenvalue weighted by Gasteiger charge is 2.38. The molecule has 0 saturated heterocycles. The van der Waals surface area contributed by atoms with E-state index in [9.17, 15) is 0 Å². The van der Waals surface area contributed by atoms with Crippen molar-refractivity contribution in [1.29, 1.82) is 0 Å². The number of para-hydroxylation sites is 1. The van der Waals surface area contributed by atoms with E-state index in [2.05, 4.69) is 198 Å². The van der Waals surface area contributed by atoms with E-state index in [1.807, 2.05) is 0 Å². The van der Waals surface area contributed by atoms with Gasteiger partial charge in [0, 0.05) is 40.0 Å². The number of hydrogen-bond donors (Lipinski definition) is 0. The van der Waals surface area contributed by atoms with E-state index in [0.717, 1.165) is 36.5 Å². The summed E-state index contributed by atoms with van der Waals surface area (Å²) in [6.45, 7) is 0. The Labute approximate surface area is 322 Å². The van der Waals surface area contributed by atoms with Crippen molar-refractivity contribution in [3.8, 4) is 16.9 Å². The molecule has 0 saturated carbocycles. The van der Waals surface area contributed by atoms with Gasteiger partial charge in [-0.3, -0.25) is 0 Å². The van der Waals surface area contributed by atoms with Crippen molar-refractivity contribution in [2.24, 2.45) is 0 Å². The Kier molecular flexibility index (Phi) is 7.58. The van der Waals surface area contributed by atoms with Crippen molar-refractivity contribution in [2.45, 2.75) is 37.3 Å². The SMILES string of the molecule is C1=CCC(N2c3ccccc3C3=CC(c4ccc(N(C5=CC=C6Oc7ccc(-c8ccccc8)cc7C6C5)c5cccc6ccccc56)cc4)=CCC32)C=C1. The van der Waals surface area contributed by atoms with Crippen molar-refractivity contribution in [1.82, 2.24) is 0 Å². The molecule has 0 N–H and O–H groups in total. The summed E-state index contributed by atoms with van der Waals surface area (Å²) >= 11 is 0. The van der Waals surface area contributed by atoms with Crippen LogP contribution >= 0.6 is 0 Å². The number of benzene rings is 6. The first kappa shape index (κ1) is 31.9. The minimum atomic E-state index is 0.149. The molecule has 3 aliphatic carbocycles. The molecule has 2 aliphatic heterocycles. The van der Waals surface area contributed by atoms with Crippen molar-refractivity contribution in [3.63, 3.8) is 0 Å². The largest absolute Gasteiger partial charge is 0.461 e. The van der Waals surface area contributed by atoms with Crippen LogP contribution in [0.4, 0.5) is 17.1 Å². The Balaban J connectivity index is 0.947. The molecule has 3 atom stereocenters. The van der Waals surface area contributed by atoms with Gasteiger partial charge < -0.3 is 14.5 Å². The van der Waals surface area contributed by atoms with Crippen LogP contribution in [0.25, 0.3) is 33.0 Å². The maximum Gasteiger partial charge on any atom is 0.130 e. The van der Waals surface area contributed by atoms with Gasteiger partial charge in [0.15, 0.2) is 0 Å². The number of allylic oxidation sites excluding steroid dienone is 8. The number of hydrogen-bond acceptors (Lipinski definition) is 3. The summed E-state index contributed by atoms with van der Waals surface area (Å²) in [6.07, 6.45) is 21.2. The van der Waals surface area contributed by atoms with E-state index in [0.29, 0.717) is 12.1 Å². The zero-order chi connectivity index (χ0) is 36.3. The molecule has 0 spiro atoms. The van der Waals surface area contributed by atoms with Gasteiger partial charge >= 0.3 is 0 Å². The highest BCUT2D eigenvalue weighted by molar-refractivity contribution is 5.98. The average Bonchev–Trinajstić information content (AvgIpc) is 3.79. The molecule has 6 aromatic rings. The van der Waals surface area contributed by atoms with Crippen LogP contribution in [0, 0.1) is 0 Å². The second-order valence-electron chi connectivity index (χ2n) is 15.1. The van der Waals surface area contributed by atoms with Crippen molar-refractivity contribution >= 4 is 39.0 Å². The predicted octanol–water partition coefficient (Wildman–Crippen LogP) is 12.9. The highest BCUT2D eigenvalue weighted by Crippen LogP contribution is 2.50. The minimum Gasteiger partial charge on any atom is -0.461 e. The molecule has 2 heterocycles. The first-order valence-corrected chi connectivity index (χ1v) is 19.6. The minimum absolute atomic E-state index is 0.149. The van der Waals surface area contributed by atoms with Crippen molar-refractivity contribution in [2.75, 3.05) is 9.80 Å². The van der Waals surface area contributed by atoms with Crippen molar-refractivity contribution < 1.29 is 4.74 Å². The van der Waals surface area contributed by atoms with Gasteiger partial charge in [-0.05, 0) is 101 Å². The fourth-order valence-electron chi connectivity index (χ4n) is 9.43. The van der Waals surface area contributed by atoms with Gasteiger partial charge in [0.1, 0.15) is 11.5 Å². The molecule has 6 aromatic carbocycles. The monoisotopic (exact) mass is 708 g/mol. The number of nitrogens with zero attached hydrogens (tertiary/aromatic N) is 2. The summed E-state index contributed by atoms with van der Waals surface area (Å²) in [4.78, 5) is 5.12. The average molecular weight is 709 g/mol. The molecule has 5 aliphatic rings. The third-order valence-corrected chi connectivity index (χ3v) is 12.0. The molecule has 3 heteroatoms. The molecule has 0 bridgehead atoms. The lowest BCUT2D eigenvalue weighted by atomic mass is 9.87. The van der Waals surface area contributed by atoms with E-state index < -0.39 is 0 Å². The van der Waals surface area contributed by atoms with Crippen LogP contribution in [0.1, 0.15) is 41.9 Å². The van der Waals surface area contributed by atoms with Crippen LogP contribution in [-0.4, -0.2) is 12.1 Å². The third kappa shape index (κ3) is 5.41. The van der Waals surface area contributed by atoms with Gasteiger partial charge in [-0.15, -0.1) is 0 Å². The summed E-state index contributed by atoms with van der Waals surface area (Å²) < 4.78 is 6.46. The van der Waals surface area contributed by atoms with Gasteiger partial charge in [-0.25, -0.2) is 0 Å². The van der Waals surface area contributed by atoms with Gasteiger partial charge in [0.05, 0.1) is 23.7 Å². The summed E-state index contributed by atoms with van der Waals surface area (Å²) in [7, 11) is 0. The zero-order valence-electron chi connectivity index (χ0n) is 30.6. The van der Waals surface area contributed by atoms with Crippen molar-refractivity contribution in [3.05, 3.63) is 216 Å². The fraction of sp³-hybridized carbons (Fsp3) is 0.115. The molecule has 264 valence electrons. The van der Waals surface area contributed by atoms with E-state index in [1.54, 1.807) is 0 Å². The first-order valence-electron chi connectivity index (χ1n) is 19.6. The second-order valence-corrected chi connectivity index (χ2v) is 15.1. The van der Waals surface area contributed by atoms with E-state index >= 15 is 0 Å². The molecule has 0 radical (unpaired) electrons. The Hall–Kier alpha value is -6.58. The van der Waals surface area contributed by atoms with Crippen LogP contribution in [0.2, 0.25) is 0 Å². The van der Waals surface area contributed by atoms with E-state index in [-0.39, 0.29) is 5.92 Å². The predicted molar refractivity (Wildman–Crippen MR) is 229 cm³/mol. The van der Waals surface area contributed by atoms with E-state index in [1.165, 1.54) is 66.8 Å². The van der Waals surface area contributed by atoms with Gasteiger partial charge in [-0.2, -0.15) is 0 Å². The van der Waals surface area contributed by atoms with Crippen LogP contribution in [0.5, 0.6) is 5.75 Å². The lowest BCUT2D eigenvalue weighted by molar-refractivity contribution is 0.423. The number of fused-ring (bicyclic) bond motifs is 7. The molecule has 55 heavy (non-hydrogen) atoms. The van der Waals surface area contributed by atoms with Gasteiger partial charge in [-0.1, -0.05) is 134 Å².